The minimum absolute atomic E-state index is 0. The monoisotopic (exact) mass is 388 g/mol. The van der Waals surface area contributed by atoms with Gasteiger partial charge in [-0.2, -0.15) is 0 Å². The van der Waals surface area contributed by atoms with E-state index in [9.17, 15) is 5.11 Å². The average molecular weight is 389 g/mol. The Bertz CT molecular complexity index is 1020. The predicted octanol–water partition coefficient (Wildman–Crippen LogP) is 3.98. The molecule has 0 radical (unpaired) electrons. The Morgan fingerprint density at radius 3 is 2.46 bits per heavy atom. The van der Waals surface area contributed by atoms with Crippen LogP contribution in [0.25, 0.3) is 28.0 Å². The highest BCUT2D eigenvalue weighted by Gasteiger charge is 2.07. The minimum atomic E-state index is 0. The van der Waals surface area contributed by atoms with Crippen LogP contribution in [0, 0.1) is 0 Å². The van der Waals surface area contributed by atoms with Crippen molar-refractivity contribution in [1.82, 2.24) is 14.4 Å². The number of aliphatic hydroxyl groups is 1. The lowest BCUT2D eigenvalue weighted by molar-refractivity contribution is 0.282. The Labute approximate surface area is 163 Å². The van der Waals surface area contributed by atoms with Crippen molar-refractivity contribution in [2.75, 3.05) is 5.73 Å². The van der Waals surface area contributed by atoms with Gasteiger partial charge in [0.25, 0.3) is 0 Å². The van der Waals surface area contributed by atoms with E-state index >= 15 is 0 Å². The molecule has 0 atom stereocenters. The van der Waals surface area contributed by atoms with E-state index in [4.69, 9.17) is 5.73 Å². The van der Waals surface area contributed by atoms with Crippen molar-refractivity contribution < 1.29 is 5.11 Å². The number of hydrogen-bond acceptors (Lipinski definition) is 4. The summed E-state index contributed by atoms with van der Waals surface area (Å²) in [6.07, 6.45) is 5.73. The molecular weight excluding hydrogens is 371 g/mol. The number of aromatic nitrogens is 3. The minimum Gasteiger partial charge on any atom is -0.392 e. The van der Waals surface area contributed by atoms with Crippen molar-refractivity contribution in [2.45, 2.75) is 6.61 Å². The number of pyridine rings is 2. The second kappa shape index (κ2) is 8.19. The zero-order chi connectivity index (χ0) is 16.5. The third-order valence-corrected chi connectivity index (χ3v) is 3.98. The van der Waals surface area contributed by atoms with Gasteiger partial charge < -0.3 is 15.2 Å². The molecule has 0 unspecified atom stereocenters. The summed E-state index contributed by atoms with van der Waals surface area (Å²) in [4.78, 5) is 8.74. The largest absolute Gasteiger partial charge is 0.392 e. The molecule has 3 heterocycles. The van der Waals surface area contributed by atoms with E-state index in [1.54, 1.807) is 12.3 Å². The maximum atomic E-state index is 9.30. The summed E-state index contributed by atoms with van der Waals surface area (Å²) in [5, 5.41) is 9.30. The SMILES string of the molecule is Cl.Cl.Nc1ccc(-c2cn3cc(-c4cccc(CO)c4)ccc3n2)cn1. The van der Waals surface area contributed by atoms with E-state index in [-0.39, 0.29) is 31.4 Å². The molecule has 1 aromatic carbocycles. The number of nitrogen functional groups attached to an aromatic ring is 1. The fourth-order valence-electron chi connectivity index (χ4n) is 2.71. The van der Waals surface area contributed by atoms with Gasteiger partial charge in [-0.15, -0.1) is 24.8 Å². The third kappa shape index (κ3) is 3.80. The summed E-state index contributed by atoms with van der Waals surface area (Å²) < 4.78 is 1.99. The Balaban J connectivity index is 0.00000121. The molecule has 0 spiro atoms. The lowest BCUT2D eigenvalue weighted by Crippen LogP contribution is -1.88. The maximum absolute atomic E-state index is 9.30. The number of nitrogens with zero attached hydrogens (tertiary/aromatic N) is 3. The van der Waals surface area contributed by atoms with Gasteiger partial charge in [-0.3, -0.25) is 0 Å². The Kier molecular flexibility index (Phi) is 6.21. The van der Waals surface area contributed by atoms with E-state index in [0.717, 1.165) is 33.6 Å². The van der Waals surface area contributed by atoms with Crippen LogP contribution in [0.2, 0.25) is 0 Å². The molecule has 0 bridgehead atoms. The lowest BCUT2D eigenvalue weighted by Gasteiger charge is -2.04. The Hall–Kier alpha value is -2.60. The van der Waals surface area contributed by atoms with E-state index in [1.165, 1.54) is 0 Å². The van der Waals surface area contributed by atoms with E-state index in [1.807, 2.05) is 59.3 Å². The summed E-state index contributed by atoms with van der Waals surface area (Å²) in [6.45, 7) is 0.0371. The standard InChI is InChI=1S/C19H16N4O.2ClH/c20-18-6-4-15(9-21-18)17-11-23-10-16(5-7-19(23)22-17)14-3-1-2-13(8-14)12-24;;/h1-11,24H,12H2,(H2,20,21);2*1H. The van der Waals surface area contributed by atoms with Crippen molar-refractivity contribution in [1.29, 1.82) is 0 Å². The molecule has 3 aromatic heterocycles. The molecular formula is C19H18Cl2N4O. The average Bonchev–Trinajstić information content (AvgIpc) is 3.05. The van der Waals surface area contributed by atoms with Gasteiger partial charge >= 0.3 is 0 Å². The highest BCUT2D eigenvalue weighted by molar-refractivity contribution is 5.85. The van der Waals surface area contributed by atoms with Gasteiger partial charge in [0, 0.05) is 24.2 Å². The van der Waals surface area contributed by atoms with Gasteiger partial charge in [0.05, 0.1) is 12.3 Å². The molecule has 0 fully saturated rings. The number of imidazole rings is 1. The summed E-state index contributed by atoms with van der Waals surface area (Å²) in [7, 11) is 0. The highest BCUT2D eigenvalue weighted by atomic mass is 35.5. The van der Waals surface area contributed by atoms with Gasteiger partial charge in [0.15, 0.2) is 0 Å². The zero-order valence-electron chi connectivity index (χ0n) is 13.7. The number of aliphatic hydroxyl groups excluding tert-OH is 1. The number of rotatable bonds is 3. The molecule has 3 N–H and O–H groups in total. The number of nitrogens with two attached hydrogens (primary N) is 1. The van der Waals surface area contributed by atoms with Crippen LogP contribution in [-0.4, -0.2) is 19.5 Å². The van der Waals surface area contributed by atoms with E-state index < -0.39 is 0 Å². The van der Waals surface area contributed by atoms with Gasteiger partial charge in [-0.1, -0.05) is 18.2 Å². The number of fused-ring (bicyclic) bond motifs is 1. The quantitative estimate of drug-likeness (QED) is 0.556. The molecule has 5 nitrogen and oxygen atoms in total. The lowest BCUT2D eigenvalue weighted by atomic mass is 10.1. The Morgan fingerprint density at radius 2 is 1.73 bits per heavy atom. The second-order valence-corrected chi connectivity index (χ2v) is 5.64. The van der Waals surface area contributed by atoms with Crippen molar-refractivity contribution in [3.8, 4) is 22.4 Å². The van der Waals surface area contributed by atoms with E-state index in [0.29, 0.717) is 5.82 Å². The number of halogens is 2. The first-order valence-corrected chi connectivity index (χ1v) is 7.64. The predicted molar refractivity (Wildman–Crippen MR) is 109 cm³/mol. The zero-order valence-corrected chi connectivity index (χ0v) is 15.4. The van der Waals surface area contributed by atoms with Crippen LogP contribution in [0.15, 0.2) is 67.1 Å². The van der Waals surface area contributed by atoms with Crippen LogP contribution in [0.5, 0.6) is 0 Å². The first-order chi connectivity index (χ1) is 11.7. The summed E-state index contributed by atoms with van der Waals surface area (Å²) in [6, 6.07) is 15.6. The maximum Gasteiger partial charge on any atom is 0.137 e. The van der Waals surface area contributed by atoms with Crippen molar-refractivity contribution in [2.24, 2.45) is 0 Å². The smallest absolute Gasteiger partial charge is 0.137 e. The molecule has 4 rings (SSSR count). The van der Waals surface area contributed by atoms with Crippen molar-refractivity contribution in [3.63, 3.8) is 0 Å². The molecule has 4 aromatic rings. The van der Waals surface area contributed by atoms with Crippen LogP contribution in [0.4, 0.5) is 5.82 Å². The third-order valence-electron chi connectivity index (χ3n) is 3.98. The van der Waals surface area contributed by atoms with Gasteiger partial charge in [-0.25, -0.2) is 9.97 Å². The Morgan fingerprint density at radius 1 is 0.923 bits per heavy atom. The van der Waals surface area contributed by atoms with Crippen LogP contribution < -0.4 is 5.73 Å². The molecule has 0 amide bonds. The molecule has 0 saturated carbocycles. The van der Waals surface area contributed by atoms with Gasteiger partial charge in [0.1, 0.15) is 11.5 Å². The van der Waals surface area contributed by atoms with Crippen LogP contribution in [-0.2, 0) is 6.61 Å². The van der Waals surface area contributed by atoms with Gasteiger partial charge in [0.2, 0.25) is 0 Å². The van der Waals surface area contributed by atoms with Gasteiger partial charge in [-0.05, 0) is 47.0 Å². The molecule has 7 heteroatoms. The van der Waals surface area contributed by atoms with Crippen LogP contribution >= 0.6 is 24.8 Å². The summed E-state index contributed by atoms with van der Waals surface area (Å²) in [5.41, 5.74) is 11.3. The highest BCUT2D eigenvalue weighted by Crippen LogP contribution is 2.24. The molecule has 0 saturated heterocycles. The normalized spacial score (nSPS) is 10.2. The van der Waals surface area contributed by atoms with E-state index in [2.05, 4.69) is 9.97 Å². The van der Waals surface area contributed by atoms with Crippen molar-refractivity contribution >= 4 is 36.3 Å². The van der Waals surface area contributed by atoms with Crippen molar-refractivity contribution in [3.05, 3.63) is 72.7 Å². The number of benzene rings is 1. The van der Waals surface area contributed by atoms with Crippen LogP contribution in [0.1, 0.15) is 5.56 Å². The number of hydrogen-bond donors (Lipinski definition) is 2. The summed E-state index contributed by atoms with van der Waals surface area (Å²) >= 11 is 0. The molecule has 134 valence electrons. The van der Waals surface area contributed by atoms with Crippen LogP contribution in [0.3, 0.4) is 0 Å². The molecule has 0 aliphatic rings. The fourth-order valence-corrected chi connectivity index (χ4v) is 2.71. The summed E-state index contributed by atoms with van der Waals surface area (Å²) in [5.74, 6) is 0.494. The fraction of sp³-hybridized carbons (Fsp3) is 0.0526. The first kappa shape index (κ1) is 19.7. The number of anilines is 1. The molecule has 0 aliphatic heterocycles. The first-order valence-electron chi connectivity index (χ1n) is 7.64. The second-order valence-electron chi connectivity index (χ2n) is 5.64. The molecule has 0 aliphatic carbocycles. The molecule has 26 heavy (non-hydrogen) atoms. The topological polar surface area (TPSA) is 76.4 Å².